The molecule has 1 aliphatic carbocycles. The lowest BCUT2D eigenvalue weighted by Crippen LogP contribution is -2.51. The molecule has 18 heavy (non-hydrogen) atoms. The van der Waals surface area contributed by atoms with Crippen molar-refractivity contribution in [3.05, 3.63) is 0 Å². The molecule has 1 saturated carbocycles. The Bertz CT molecular complexity index is 313. The third kappa shape index (κ3) is 2.94. The van der Waals surface area contributed by atoms with Crippen molar-refractivity contribution in [2.75, 3.05) is 13.6 Å². The minimum atomic E-state index is -0.279. The van der Waals surface area contributed by atoms with Gasteiger partial charge in [0.25, 0.3) is 0 Å². The predicted octanol–water partition coefficient (Wildman–Crippen LogP) is 1.24. The average Bonchev–Trinajstić information content (AvgIpc) is 2.88. The monoisotopic (exact) mass is 253 g/mol. The van der Waals surface area contributed by atoms with E-state index in [9.17, 15) is 9.59 Å². The van der Waals surface area contributed by atoms with E-state index in [1.165, 1.54) is 19.3 Å². The van der Waals surface area contributed by atoms with Gasteiger partial charge in [0.05, 0.1) is 0 Å². The first-order chi connectivity index (χ1) is 8.72. The Hall–Kier alpha value is -1.26. The summed E-state index contributed by atoms with van der Waals surface area (Å²) in [6.45, 7) is 0.691. The Morgan fingerprint density at radius 3 is 2.44 bits per heavy atom. The van der Waals surface area contributed by atoms with E-state index in [1.807, 2.05) is 0 Å². The second-order valence-electron chi connectivity index (χ2n) is 5.25. The molecule has 0 spiro atoms. The van der Waals surface area contributed by atoms with Crippen molar-refractivity contribution < 1.29 is 9.59 Å². The van der Waals surface area contributed by atoms with E-state index in [2.05, 4.69) is 10.6 Å². The largest absolute Gasteiger partial charge is 0.357 e. The summed E-state index contributed by atoms with van der Waals surface area (Å²) < 4.78 is 0. The van der Waals surface area contributed by atoms with E-state index in [-0.39, 0.29) is 18.0 Å². The molecule has 0 aromatic heterocycles. The number of carbonyl (C=O) groups excluding carboxylic acids is 2. The third-order valence-electron chi connectivity index (χ3n) is 4.00. The summed E-state index contributed by atoms with van der Waals surface area (Å²) >= 11 is 0. The molecule has 1 unspecified atom stereocenters. The SMILES string of the molecule is CNC(=O)C1CCCN1C(=O)NC1CCCCC1. The molecule has 5 heteroatoms. The lowest BCUT2D eigenvalue weighted by molar-refractivity contribution is -0.124. The lowest BCUT2D eigenvalue weighted by Gasteiger charge is -2.28. The van der Waals surface area contributed by atoms with E-state index >= 15 is 0 Å². The smallest absolute Gasteiger partial charge is 0.318 e. The van der Waals surface area contributed by atoms with Crippen molar-refractivity contribution in [2.24, 2.45) is 0 Å². The van der Waals surface area contributed by atoms with Gasteiger partial charge in [-0.3, -0.25) is 4.79 Å². The topological polar surface area (TPSA) is 61.4 Å². The van der Waals surface area contributed by atoms with Crippen molar-refractivity contribution in [3.63, 3.8) is 0 Å². The van der Waals surface area contributed by atoms with E-state index < -0.39 is 0 Å². The van der Waals surface area contributed by atoms with Gasteiger partial charge in [-0.25, -0.2) is 4.79 Å². The van der Waals surface area contributed by atoms with Crippen LogP contribution in [0.1, 0.15) is 44.9 Å². The lowest BCUT2D eigenvalue weighted by atomic mass is 9.96. The molecular weight excluding hydrogens is 230 g/mol. The van der Waals surface area contributed by atoms with Gasteiger partial charge in [0.15, 0.2) is 0 Å². The normalized spacial score (nSPS) is 24.9. The number of amides is 3. The van der Waals surface area contributed by atoms with Gasteiger partial charge in [-0.15, -0.1) is 0 Å². The molecule has 3 amide bonds. The highest BCUT2D eigenvalue weighted by Gasteiger charge is 2.34. The zero-order valence-electron chi connectivity index (χ0n) is 11.1. The summed E-state index contributed by atoms with van der Waals surface area (Å²) in [4.78, 5) is 25.6. The van der Waals surface area contributed by atoms with Crippen LogP contribution in [0.15, 0.2) is 0 Å². The number of nitrogens with one attached hydrogen (secondary N) is 2. The summed E-state index contributed by atoms with van der Waals surface area (Å²) in [5.74, 6) is -0.0497. The summed E-state index contributed by atoms with van der Waals surface area (Å²) in [6.07, 6.45) is 7.51. The summed E-state index contributed by atoms with van der Waals surface area (Å²) in [5.41, 5.74) is 0. The van der Waals surface area contributed by atoms with Crippen LogP contribution in [0.3, 0.4) is 0 Å². The van der Waals surface area contributed by atoms with Gasteiger partial charge in [-0.2, -0.15) is 0 Å². The zero-order chi connectivity index (χ0) is 13.0. The number of rotatable bonds is 2. The summed E-state index contributed by atoms with van der Waals surface area (Å²) in [5, 5.41) is 5.71. The van der Waals surface area contributed by atoms with Crippen LogP contribution in [-0.4, -0.2) is 42.5 Å². The van der Waals surface area contributed by atoms with Crippen molar-refractivity contribution in [2.45, 2.75) is 57.0 Å². The minimum absolute atomic E-state index is 0.0497. The van der Waals surface area contributed by atoms with E-state index in [1.54, 1.807) is 11.9 Å². The molecule has 2 aliphatic rings. The summed E-state index contributed by atoms with van der Waals surface area (Å²) in [6, 6.07) is -0.0382. The number of carbonyl (C=O) groups is 2. The predicted molar refractivity (Wildman–Crippen MR) is 69.2 cm³/mol. The second-order valence-corrected chi connectivity index (χ2v) is 5.25. The first kappa shape index (κ1) is 13.2. The first-order valence-corrected chi connectivity index (χ1v) is 7.01. The van der Waals surface area contributed by atoms with Crippen LogP contribution >= 0.6 is 0 Å². The van der Waals surface area contributed by atoms with Gasteiger partial charge in [0.1, 0.15) is 6.04 Å². The molecule has 1 saturated heterocycles. The van der Waals surface area contributed by atoms with Crippen molar-refractivity contribution in [1.82, 2.24) is 15.5 Å². The quantitative estimate of drug-likeness (QED) is 0.778. The standard InChI is InChI=1S/C13H23N3O2/c1-14-12(17)11-8-5-9-16(11)13(18)15-10-6-3-2-4-7-10/h10-11H,2-9H2,1H3,(H,14,17)(H,15,18). The van der Waals surface area contributed by atoms with Crippen LogP contribution in [0.4, 0.5) is 4.79 Å². The molecule has 1 heterocycles. The molecular formula is C13H23N3O2. The molecule has 1 atom stereocenters. The van der Waals surface area contributed by atoms with Gasteiger partial charge in [-0.1, -0.05) is 19.3 Å². The number of urea groups is 1. The molecule has 0 aromatic rings. The number of nitrogens with zero attached hydrogens (tertiary/aromatic N) is 1. The van der Waals surface area contributed by atoms with Crippen LogP contribution in [0.2, 0.25) is 0 Å². The second kappa shape index (κ2) is 6.07. The maximum atomic E-state index is 12.2. The Kier molecular flexibility index (Phi) is 4.44. The highest BCUT2D eigenvalue weighted by atomic mass is 16.2. The highest BCUT2D eigenvalue weighted by Crippen LogP contribution is 2.20. The first-order valence-electron chi connectivity index (χ1n) is 7.01. The van der Waals surface area contributed by atoms with Gasteiger partial charge < -0.3 is 15.5 Å². The van der Waals surface area contributed by atoms with E-state index in [0.717, 1.165) is 25.7 Å². The highest BCUT2D eigenvalue weighted by molar-refractivity contribution is 5.87. The fourth-order valence-corrected chi connectivity index (χ4v) is 2.95. The fraction of sp³-hybridized carbons (Fsp3) is 0.846. The number of hydrogen-bond donors (Lipinski definition) is 2. The molecule has 2 rings (SSSR count). The van der Waals surface area contributed by atoms with E-state index in [4.69, 9.17) is 0 Å². The molecule has 0 radical (unpaired) electrons. The molecule has 0 bridgehead atoms. The molecule has 5 nitrogen and oxygen atoms in total. The number of likely N-dealkylation sites (tertiary alicyclic amines) is 1. The Balaban J connectivity index is 1.89. The van der Waals surface area contributed by atoms with E-state index in [0.29, 0.717) is 12.6 Å². The third-order valence-corrected chi connectivity index (χ3v) is 4.00. The Morgan fingerprint density at radius 2 is 1.78 bits per heavy atom. The van der Waals surface area contributed by atoms with Crippen LogP contribution in [-0.2, 0) is 4.79 Å². The van der Waals surface area contributed by atoms with Gasteiger partial charge >= 0.3 is 6.03 Å². The number of hydrogen-bond acceptors (Lipinski definition) is 2. The summed E-state index contributed by atoms with van der Waals surface area (Å²) in [7, 11) is 1.62. The fourth-order valence-electron chi connectivity index (χ4n) is 2.95. The Labute approximate surface area is 108 Å². The molecule has 0 aromatic carbocycles. The number of likely N-dealkylation sites (N-methyl/N-ethyl adjacent to an activating group) is 1. The van der Waals surface area contributed by atoms with Crippen molar-refractivity contribution in [3.8, 4) is 0 Å². The van der Waals surface area contributed by atoms with Crippen LogP contribution < -0.4 is 10.6 Å². The molecule has 102 valence electrons. The van der Waals surface area contributed by atoms with Crippen LogP contribution in [0, 0.1) is 0 Å². The molecule has 2 N–H and O–H groups in total. The van der Waals surface area contributed by atoms with Crippen molar-refractivity contribution in [1.29, 1.82) is 0 Å². The van der Waals surface area contributed by atoms with Gasteiger partial charge in [0, 0.05) is 19.6 Å². The molecule has 2 fully saturated rings. The van der Waals surface area contributed by atoms with Gasteiger partial charge in [-0.05, 0) is 25.7 Å². The van der Waals surface area contributed by atoms with Gasteiger partial charge in [0.2, 0.25) is 5.91 Å². The van der Waals surface area contributed by atoms with Crippen molar-refractivity contribution >= 4 is 11.9 Å². The maximum Gasteiger partial charge on any atom is 0.318 e. The maximum absolute atomic E-state index is 12.2. The Morgan fingerprint density at radius 1 is 1.06 bits per heavy atom. The minimum Gasteiger partial charge on any atom is -0.357 e. The van der Waals surface area contributed by atoms with Crippen LogP contribution in [0.25, 0.3) is 0 Å². The average molecular weight is 253 g/mol. The molecule has 1 aliphatic heterocycles. The van der Waals surface area contributed by atoms with Crippen LogP contribution in [0.5, 0.6) is 0 Å². The zero-order valence-corrected chi connectivity index (χ0v) is 11.1.